The van der Waals surface area contributed by atoms with Crippen LogP contribution in [0.5, 0.6) is 0 Å². The summed E-state index contributed by atoms with van der Waals surface area (Å²) in [7, 11) is -0.937. The van der Waals surface area contributed by atoms with Crippen LogP contribution < -0.4 is 0 Å². The van der Waals surface area contributed by atoms with Crippen molar-refractivity contribution in [3.63, 3.8) is 0 Å². The predicted octanol–water partition coefficient (Wildman–Crippen LogP) is 4.45. The van der Waals surface area contributed by atoms with Crippen molar-refractivity contribution < 1.29 is 13.7 Å². The number of halogens is 1. The molecule has 0 unspecified atom stereocenters. The quantitative estimate of drug-likeness (QED) is 0.592. The van der Waals surface area contributed by atoms with Crippen molar-refractivity contribution in [1.29, 1.82) is 0 Å². The van der Waals surface area contributed by atoms with E-state index in [-0.39, 0.29) is 0 Å². The van der Waals surface area contributed by atoms with E-state index < -0.39 is 24.0 Å². The van der Waals surface area contributed by atoms with Gasteiger partial charge in [-0.25, -0.2) is 4.39 Å². The van der Waals surface area contributed by atoms with Crippen molar-refractivity contribution in [2.75, 3.05) is 0 Å². The number of hydrogen-bond donors (Lipinski definition) is 0. The number of hydrogen-bond acceptors (Lipinski definition) is 3. The lowest BCUT2D eigenvalue weighted by Gasteiger charge is -2.32. The summed E-state index contributed by atoms with van der Waals surface area (Å²) in [6.45, 7) is 7.65. The summed E-state index contributed by atoms with van der Waals surface area (Å²) in [5.74, 6) is 6.92. The third-order valence-electron chi connectivity index (χ3n) is 4.38. The Balaban J connectivity index is 1.71. The zero-order valence-corrected chi connectivity index (χ0v) is 14.2. The molecule has 1 saturated carbocycles. The minimum absolute atomic E-state index is 0.401. The highest BCUT2D eigenvalue weighted by Gasteiger charge is 2.53. The highest BCUT2D eigenvalue weighted by Crippen LogP contribution is 2.39. The smallest absolute Gasteiger partial charge is 0.398 e. The zero-order valence-electron chi connectivity index (χ0n) is 13.4. The van der Waals surface area contributed by atoms with Gasteiger partial charge >= 0.3 is 7.12 Å². The SMILES string of the molecule is CC1(C)OB(C(F)=Cc2cc(C#CC3CC3)cs2)OC1(C)C. The fourth-order valence-electron chi connectivity index (χ4n) is 2.07. The first-order chi connectivity index (χ1) is 10.3. The van der Waals surface area contributed by atoms with Crippen LogP contribution in [-0.2, 0) is 9.31 Å². The van der Waals surface area contributed by atoms with Crippen molar-refractivity contribution in [3.05, 3.63) is 27.6 Å². The lowest BCUT2D eigenvalue weighted by molar-refractivity contribution is 0.00578. The molecule has 1 aromatic rings. The van der Waals surface area contributed by atoms with Crippen LogP contribution in [0.25, 0.3) is 6.08 Å². The fraction of sp³-hybridized carbons (Fsp3) is 0.529. The lowest BCUT2D eigenvalue weighted by atomic mass is 9.87. The molecular formula is C17H20BFO2S. The maximum Gasteiger partial charge on any atom is 0.525 e. The first-order valence-corrected chi connectivity index (χ1v) is 8.48. The minimum atomic E-state index is -0.937. The zero-order chi connectivity index (χ0) is 16.0. The average Bonchev–Trinajstić information content (AvgIpc) is 3.09. The van der Waals surface area contributed by atoms with Crippen LogP contribution in [0.4, 0.5) is 4.39 Å². The molecule has 0 atom stereocenters. The summed E-state index contributed by atoms with van der Waals surface area (Å²) in [5, 5.41) is 1.96. The summed E-state index contributed by atoms with van der Waals surface area (Å²) in [4.78, 5) is 0.826. The third-order valence-corrected chi connectivity index (χ3v) is 5.26. The summed E-state index contributed by atoms with van der Waals surface area (Å²) in [6, 6.07) is 1.91. The molecule has 2 fully saturated rings. The molecule has 0 radical (unpaired) electrons. The minimum Gasteiger partial charge on any atom is -0.398 e. The van der Waals surface area contributed by atoms with Crippen LogP contribution in [0.3, 0.4) is 0 Å². The second-order valence-corrected chi connectivity index (χ2v) is 7.84. The summed E-state index contributed by atoms with van der Waals surface area (Å²) >= 11 is 1.48. The molecule has 0 amide bonds. The van der Waals surface area contributed by atoms with Gasteiger partial charge in [0.15, 0.2) is 0 Å². The highest BCUT2D eigenvalue weighted by atomic mass is 32.1. The van der Waals surface area contributed by atoms with E-state index in [1.807, 2.05) is 39.1 Å². The van der Waals surface area contributed by atoms with Crippen LogP contribution in [0.2, 0.25) is 0 Å². The molecule has 22 heavy (non-hydrogen) atoms. The summed E-state index contributed by atoms with van der Waals surface area (Å²) in [6.07, 6.45) is 3.90. The van der Waals surface area contributed by atoms with E-state index in [0.717, 1.165) is 10.4 Å². The first-order valence-electron chi connectivity index (χ1n) is 7.60. The van der Waals surface area contributed by atoms with Crippen molar-refractivity contribution in [3.8, 4) is 11.8 Å². The molecule has 2 aliphatic rings. The summed E-state index contributed by atoms with van der Waals surface area (Å²) in [5.41, 5.74) is -0.509. The van der Waals surface area contributed by atoms with Gasteiger partial charge in [0.2, 0.25) is 0 Å². The largest absolute Gasteiger partial charge is 0.525 e. The highest BCUT2D eigenvalue weighted by molar-refractivity contribution is 7.11. The molecule has 1 aliphatic carbocycles. The van der Waals surface area contributed by atoms with Crippen molar-refractivity contribution in [2.24, 2.45) is 5.92 Å². The number of thiophene rings is 1. The van der Waals surface area contributed by atoms with Crippen molar-refractivity contribution in [2.45, 2.75) is 51.7 Å². The van der Waals surface area contributed by atoms with E-state index in [4.69, 9.17) is 9.31 Å². The second kappa shape index (κ2) is 5.52. The second-order valence-electron chi connectivity index (χ2n) is 6.90. The Morgan fingerprint density at radius 1 is 1.32 bits per heavy atom. The van der Waals surface area contributed by atoms with E-state index >= 15 is 0 Å². The molecule has 2 nitrogen and oxygen atoms in total. The van der Waals surface area contributed by atoms with E-state index in [0.29, 0.717) is 5.92 Å². The lowest BCUT2D eigenvalue weighted by Crippen LogP contribution is -2.41. The Kier molecular flexibility index (Phi) is 3.97. The molecule has 0 bridgehead atoms. The van der Waals surface area contributed by atoms with Gasteiger partial charge in [-0.05, 0) is 52.7 Å². The van der Waals surface area contributed by atoms with Gasteiger partial charge in [-0.3, -0.25) is 0 Å². The van der Waals surface area contributed by atoms with Crippen LogP contribution in [0, 0.1) is 17.8 Å². The Morgan fingerprint density at radius 3 is 2.55 bits per heavy atom. The Bertz CT molecular complexity index is 646. The maximum atomic E-state index is 14.4. The standard InChI is InChI=1S/C17H20BFO2S/c1-16(2)17(3,4)21-18(20-16)15(19)10-14-9-13(11-22-14)8-7-12-5-6-12/h9-12H,5-6H2,1-4H3. The van der Waals surface area contributed by atoms with E-state index in [1.165, 1.54) is 30.3 Å². The van der Waals surface area contributed by atoms with Gasteiger partial charge in [-0.2, -0.15) is 0 Å². The molecule has 1 aromatic heterocycles. The molecular weight excluding hydrogens is 298 g/mol. The van der Waals surface area contributed by atoms with Crippen LogP contribution in [0.15, 0.2) is 17.2 Å². The molecule has 1 aliphatic heterocycles. The molecule has 2 heterocycles. The van der Waals surface area contributed by atoms with Gasteiger partial charge in [-0.1, -0.05) is 11.8 Å². The van der Waals surface area contributed by atoms with Gasteiger partial charge in [-0.15, -0.1) is 11.3 Å². The molecule has 0 spiro atoms. The first kappa shape index (κ1) is 15.8. The van der Waals surface area contributed by atoms with Gasteiger partial charge < -0.3 is 9.31 Å². The molecule has 0 N–H and O–H groups in total. The van der Waals surface area contributed by atoms with Gasteiger partial charge in [0.25, 0.3) is 0 Å². The third kappa shape index (κ3) is 3.30. The van der Waals surface area contributed by atoms with Crippen LogP contribution >= 0.6 is 11.3 Å². The molecule has 0 aromatic carbocycles. The average molecular weight is 318 g/mol. The topological polar surface area (TPSA) is 18.5 Å². The molecule has 5 heteroatoms. The van der Waals surface area contributed by atoms with Crippen LogP contribution in [-0.4, -0.2) is 18.3 Å². The fourth-order valence-corrected chi connectivity index (χ4v) is 2.83. The van der Waals surface area contributed by atoms with E-state index in [2.05, 4.69) is 11.8 Å². The maximum absolute atomic E-state index is 14.4. The Labute approximate surface area is 135 Å². The Morgan fingerprint density at radius 2 is 1.95 bits per heavy atom. The van der Waals surface area contributed by atoms with Gasteiger partial charge in [0, 0.05) is 21.7 Å². The van der Waals surface area contributed by atoms with Crippen molar-refractivity contribution >= 4 is 24.5 Å². The summed E-state index contributed by atoms with van der Waals surface area (Å²) < 4.78 is 25.8. The van der Waals surface area contributed by atoms with Crippen LogP contribution in [0.1, 0.15) is 51.0 Å². The molecule has 116 valence electrons. The predicted molar refractivity (Wildman–Crippen MR) is 89.1 cm³/mol. The number of rotatable bonds is 2. The van der Waals surface area contributed by atoms with Gasteiger partial charge in [0.05, 0.1) is 11.2 Å². The normalized spacial score (nSPS) is 23.3. The van der Waals surface area contributed by atoms with Crippen molar-refractivity contribution in [1.82, 2.24) is 0 Å². The van der Waals surface area contributed by atoms with Gasteiger partial charge in [0.1, 0.15) is 5.73 Å². The van der Waals surface area contributed by atoms with E-state index in [9.17, 15) is 4.39 Å². The van der Waals surface area contributed by atoms with E-state index in [1.54, 1.807) is 0 Å². The Hall–Kier alpha value is -1.09. The molecule has 3 rings (SSSR count). The monoisotopic (exact) mass is 318 g/mol. The molecule has 1 saturated heterocycles.